The number of carbonyl (C=O) groups is 1. The number of carbonyl (C=O) groups excluding carboxylic acids is 1. The van der Waals surface area contributed by atoms with Gasteiger partial charge in [0, 0.05) is 24.0 Å². The lowest BCUT2D eigenvalue weighted by Crippen LogP contribution is -2.40. The normalized spacial score (nSPS) is 15.7. The Hall–Kier alpha value is -1.02. The molecule has 104 valence electrons. The van der Waals surface area contributed by atoms with E-state index in [1.807, 2.05) is 30.0 Å². The van der Waals surface area contributed by atoms with Crippen LogP contribution in [0.15, 0.2) is 18.2 Å². The highest BCUT2D eigenvalue weighted by Gasteiger charge is 2.26. The van der Waals surface area contributed by atoms with Gasteiger partial charge in [0.25, 0.3) is 5.91 Å². The van der Waals surface area contributed by atoms with Crippen LogP contribution in [0, 0.1) is 13.8 Å². The minimum absolute atomic E-state index is 0.135. The number of halogens is 1. The number of aryl methyl sites for hydroxylation is 2. The largest absolute Gasteiger partial charge is 0.334 e. The van der Waals surface area contributed by atoms with E-state index in [4.69, 9.17) is 11.6 Å². The molecule has 1 fully saturated rings. The molecule has 0 aromatic heterocycles. The standard InChI is InChI=1S/C16H22ClNO/c1-12-7-8-14(11-13(12)2)16(19)18(10-9-17)15-5-3-4-6-15/h7-8,11,15H,3-6,9-10H2,1-2H3. The summed E-state index contributed by atoms with van der Waals surface area (Å²) in [7, 11) is 0. The summed E-state index contributed by atoms with van der Waals surface area (Å²) in [6.07, 6.45) is 4.69. The summed E-state index contributed by atoms with van der Waals surface area (Å²) in [6, 6.07) is 6.33. The lowest BCUT2D eigenvalue weighted by atomic mass is 10.0. The van der Waals surface area contributed by atoms with Gasteiger partial charge < -0.3 is 4.90 Å². The van der Waals surface area contributed by atoms with Gasteiger partial charge in [-0.3, -0.25) is 4.79 Å². The Morgan fingerprint density at radius 1 is 1.26 bits per heavy atom. The predicted molar refractivity (Wildman–Crippen MR) is 79.9 cm³/mol. The van der Waals surface area contributed by atoms with Gasteiger partial charge in [0.05, 0.1) is 0 Å². The molecule has 0 radical (unpaired) electrons. The Bertz CT molecular complexity index is 452. The van der Waals surface area contributed by atoms with E-state index in [2.05, 4.69) is 6.92 Å². The zero-order valence-corrected chi connectivity index (χ0v) is 12.5. The SMILES string of the molecule is Cc1ccc(C(=O)N(CCCl)C2CCCC2)cc1C. The Kier molecular flexibility index (Phi) is 4.87. The highest BCUT2D eigenvalue weighted by molar-refractivity contribution is 6.18. The van der Waals surface area contributed by atoms with E-state index in [0.29, 0.717) is 18.5 Å². The molecule has 1 aromatic rings. The van der Waals surface area contributed by atoms with Crippen molar-refractivity contribution in [1.29, 1.82) is 0 Å². The minimum Gasteiger partial charge on any atom is -0.334 e. The maximum Gasteiger partial charge on any atom is 0.254 e. The summed E-state index contributed by atoms with van der Waals surface area (Å²) in [5.74, 6) is 0.642. The van der Waals surface area contributed by atoms with Crippen molar-refractivity contribution in [3.8, 4) is 0 Å². The van der Waals surface area contributed by atoms with Crippen LogP contribution >= 0.6 is 11.6 Å². The van der Waals surface area contributed by atoms with Gasteiger partial charge in [-0.05, 0) is 49.9 Å². The monoisotopic (exact) mass is 279 g/mol. The first-order chi connectivity index (χ1) is 9.13. The number of benzene rings is 1. The number of hydrogen-bond acceptors (Lipinski definition) is 1. The molecule has 19 heavy (non-hydrogen) atoms. The average Bonchev–Trinajstić information content (AvgIpc) is 2.92. The Morgan fingerprint density at radius 2 is 1.95 bits per heavy atom. The Balaban J connectivity index is 2.20. The fraction of sp³-hybridized carbons (Fsp3) is 0.562. The molecule has 0 N–H and O–H groups in total. The molecule has 0 heterocycles. The molecule has 1 aromatic carbocycles. The van der Waals surface area contributed by atoms with Crippen molar-refractivity contribution in [3.63, 3.8) is 0 Å². The van der Waals surface area contributed by atoms with Gasteiger partial charge in [0.1, 0.15) is 0 Å². The van der Waals surface area contributed by atoms with Crippen molar-refractivity contribution in [2.75, 3.05) is 12.4 Å². The molecule has 2 rings (SSSR count). The van der Waals surface area contributed by atoms with Gasteiger partial charge in [-0.15, -0.1) is 11.6 Å². The minimum atomic E-state index is 0.135. The Labute approximate surface area is 120 Å². The first-order valence-electron chi connectivity index (χ1n) is 7.07. The molecule has 1 aliphatic carbocycles. The van der Waals surface area contributed by atoms with Crippen molar-refractivity contribution in [3.05, 3.63) is 34.9 Å². The number of rotatable bonds is 4. The Morgan fingerprint density at radius 3 is 2.53 bits per heavy atom. The second-order valence-electron chi connectivity index (χ2n) is 5.42. The zero-order chi connectivity index (χ0) is 13.8. The average molecular weight is 280 g/mol. The molecule has 2 nitrogen and oxygen atoms in total. The van der Waals surface area contributed by atoms with Gasteiger partial charge in [-0.2, -0.15) is 0 Å². The molecular weight excluding hydrogens is 258 g/mol. The van der Waals surface area contributed by atoms with E-state index < -0.39 is 0 Å². The van der Waals surface area contributed by atoms with Gasteiger partial charge in [0.15, 0.2) is 0 Å². The predicted octanol–water partition coefficient (Wildman–Crippen LogP) is 3.93. The summed E-state index contributed by atoms with van der Waals surface area (Å²) >= 11 is 5.87. The quantitative estimate of drug-likeness (QED) is 0.765. The van der Waals surface area contributed by atoms with Crippen molar-refractivity contribution in [2.24, 2.45) is 0 Å². The smallest absolute Gasteiger partial charge is 0.254 e. The van der Waals surface area contributed by atoms with E-state index in [0.717, 1.165) is 18.4 Å². The van der Waals surface area contributed by atoms with E-state index in [-0.39, 0.29) is 5.91 Å². The molecule has 1 aliphatic rings. The van der Waals surface area contributed by atoms with Gasteiger partial charge in [0.2, 0.25) is 0 Å². The van der Waals surface area contributed by atoms with Gasteiger partial charge in [-0.25, -0.2) is 0 Å². The fourth-order valence-electron chi connectivity index (χ4n) is 2.80. The second-order valence-corrected chi connectivity index (χ2v) is 5.80. The van der Waals surface area contributed by atoms with E-state index >= 15 is 0 Å². The summed E-state index contributed by atoms with van der Waals surface area (Å²) in [4.78, 5) is 14.6. The summed E-state index contributed by atoms with van der Waals surface area (Å²) < 4.78 is 0. The van der Waals surface area contributed by atoms with Crippen LogP contribution < -0.4 is 0 Å². The zero-order valence-electron chi connectivity index (χ0n) is 11.8. The molecule has 0 saturated heterocycles. The first kappa shape index (κ1) is 14.4. The van der Waals surface area contributed by atoms with E-state index in [1.165, 1.54) is 24.0 Å². The lowest BCUT2D eigenvalue weighted by molar-refractivity contribution is 0.0695. The summed E-state index contributed by atoms with van der Waals surface area (Å²) in [5, 5.41) is 0. The van der Waals surface area contributed by atoms with E-state index in [9.17, 15) is 4.79 Å². The van der Waals surface area contributed by atoms with Crippen LogP contribution in [0.5, 0.6) is 0 Å². The number of alkyl halides is 1. The van der Waals surface area contributed by atoms with Crippen LogP contribution in [0.4, 0.5) is 0 Å². The molecule has 1 amide bonds. The van der Waals surface area contributed by atoms with Crippen LogP contribution in [0.1, 0.15) is 47.2 Å². The van der Waals surface area contributed by atoms with E-state index in [1.54, 1.807) is 0 Å². The maximum atomic E-state index is 12.7. The van der Waals surface area contributed by atoms with Gasteiger partial charge >= 0.3 is 0 Å². The molecule has 0 atom stereocenters. The van der Waals surface area contributed by atoms with Crippen molar-refractivity contribution in [1.82, 2.24) is 4.90 Å². The van der Waals surface area contributed by atoms with Crippen molar-refractivity contribution in [2.45, 2.75) is 45.6 Å². The number of nitrogens with zero attached hydrogens (tertiary/aromatic N) is 1. The van der Waals surface area contributed by atoms with Crippen molar-refractivity contribution >= 4 is 17.5 Å². The lowest BCUT2D eigenvalue weighted by Gasteiger charge is -2.28. The molecule has 3 heteroatoms. The number of amides is 1. The third-order valence-corrected chi connectivity index (χ3v) is 4.27. The van der Waals surface area contributed by atoms with Crippen LogP contribution in [0.2, 0.25) is 0 Å². The van der Waals surface area contributed by atoms with Crippen molar-refractivity contribution < 1.29 is 4.79 Å². The summed E-state index contributed by atoms with van der Waals surface area (Å²) in [6.45, 7) is 4.77. The molecule has 0 bridgehead atoms. The summed E-state index contributed by atoms with van der Waals surface area (Å²) in [5.41, 5.74) is 3.18. The molecule has 1 saturated carbocycles. The molecule has 0 aliphatic heterocycles. The van der Waals surface area contributed by atoms with Gasteiger partial charge in [-0.1, -0.05) is 18.9 Å². The third kappa shape index (κ3) is 3.30. The second kappa shape index (κ2) is 6.42. The first-order valence-corrected chi connectivity index (χ1v) is 7.61. The third-order valence-electron chi connectivity index (χ3n) is 4.11. The highest BCUT2D eigenvalue weighted by atomic mass is 35.5. The van der Waals surface area contributed by atoms with Crippen LogP contribution in [0.25, 0.3) is 0 Å². The highest BCUT2D eigenvalue weighted by Crippen LogP contribution is 2.25. The topological polar surface area (TPSA) is 20.3 Å². The molecule has 0 unspecified atom stereocenters. The molecular formula is C16H22ClNO. The van der Waals surface area contributed by atoms with Crippen LogP contribution in [0.3, 0.4) is 0 Å². The fourth-order valence-corrected chi connectivity index (χ4v) is 2.98. The number of hydrogen-bond donors (Lipinski definition) is 0. The van der Waals surface area contributed by atoms with Crippen LogP contribution in [-0.2, 0) is 0 Å². The molecule has 0 spiro atoms. The van der Waals surface area contributed by atoms with Crippen LogP contribution in [-0.4, -0.2) is 29.3 Å². The maximum absolute atomic E-state index is 12.7.